The summed E-state index contributed by atoms with van der Waals surface area (Å²) in [5.41, 5.74) is 1.01. The number of ketones is 2. The van der Waals surface area contributed by atoms with Crippen molar-refractivity contribution < 1.29 is 33.6 Å². The van der Waals surface area contributed by atoms with Crippen LogP contribution in [-0.2, 0) is 24.0 Å². The van der Waals surface area contributed by atoms with E-state index in [9.17, 15) is 33.6 Å². The molecule has 310 valence electrons. The van der Waals surface area contributed by atoms with Crippen molar-refractivity contribution in [3.63, 3.8) is 0 Å². The first-order chi connectivity index (χ1) is 26.5. The van der Waals surface area contributed by atoms with Crippen molar-refractivity contribution in [1.29, 1.82) is 0 Å². The summed E-state index contributed by atoms with van der Waals surface area (Å²) in [5.74, 6) is -3.57. The van der Waals surface area contributed by atoms with Crippen molar-refractivity contribution in [1.82, 2.24) is 31.2 Å². The number of carbonyl (C=O) groups excluding carboxylic acids is 7. The van der Waals surface area contributed by atoms with Crippen LogP contribution in [0.3, 0.4) is 0 Å². The molecule has 1 saturated heterocycles. The zero-order valence-corrected chi connectivity index (χ0v) is 34.7. The topological polar surface area (TPSA) is 187 Å². The molecular weight excluding hydrogens is 713 g/mol. The molecule has 1 aliphatic heterocycles. The Morgan fingerprint density at radius 1 is 0.821 bits per heavy atom. The van der Waals surface area contributed by atoms with E-state index in [0.29, 0.717) is 42.6 Å². The molecule has 1 unspecified atom stereocenters. The molecule has 3 saturated carbocycles. The van der Waals surface area contributed by atoms with Gasteiger partial charge in [-0.1, -0.05) is 85.5 Å². The predicted octanol–water partition coefficient (Wildman–Crippen LogP) is 4.97. The van der Waals surface area contributed by atoms with Gasteiger partial charge in [0.15, 0.2) is 5.78 Å². The Morgan fingerprint density at radius 2 is 1.45 bits per heavy atom. The van der Waals surface area contributed by atoms with Crippen LogP contribution >= 0.6 is 0 Å². The van der Waals surface area contributed by atoms with Crippen molar-refractivity contribution in [2.75, 3.05) is 6.54 Å². The summed E-state index contributed by atoms with van der Waals surface area (Å²) < 4.78 is 0. The lowest BCUT2D eigenvalue weighted by molar-refractivity contribution is -0.146. The van der Waals surface area contributed by atoms with Crippen LogP contribution < -0.4 is 21.3 Å². The lowest BCUT2D eigenvalue weighted by Gasteiger charge is -2.39. The molecule has 4 fully saturated rings. The fraction of sp³-hybridized carbons (Fsp3) is 0.744. The normalized spacial score (nSPS) is 22.4. The van der Waals surface area contributed by atoms with E-state index in [-0.39, 0.29) is 35.3 Å². The van der Waals surface area contributed by atoms with Gasteiger partial charge in [-0.3, -0.25) is 33.6 Å². The largest absolute Gasteiger partial charge is 0.354 e. The predicted molar refractivity (Wildman–Crippen MR) is 213 cm³/mol. The first kappa shape index (κ1) is 43.1. The van der Waals surface area contributed by atoms with Crippen LogP contribution in [0, 0.1) is 37.0 Å². The highest BCUT2D eigenvalue weighted by molar-refractivity contribution is 6.38. The first-order valence-electron chi connectivity index (χ1n) is 21.3. The fourth-order valence-corrected chi connectivity index (χ4v) is 9.37. The van der Waals surface area contributed by atoms with Crippen LogP contribution in [0.1, 0.15) is 163 Å². The van der Waals surface area contributed by atoms with Crippen molar-refractivity contribution in [2.45, 2.75) is 175 Å². The van der Waals surface area contributed by atoms with Gasteiger partial charge in [0.1, 0.15) is 23.8 Å². The van der Waals surface area contributed by atoms with Gasteiger partial charge in [-0.2, -0.15) is 0 Å². The molecule has 0 spiro atoms. The standard InChI is InChI=1S/C43H66N6O7/c1-8-15-31(36(51)41(55)45-29-20-21-29)46-40(54)35-30(27-16-11-9-12-17-27)22-23-49(35)42(56)37(43(5,6)7)48-38(52)33(28-18-13-10-14-19-28)47-39(53)34-32(26(4)50)24(2)25(3)44-34/h27-31,33,35,37,44H,8-23H2,1-7H3,(H,45,55)(H,46,54)(H,47,53)(H,48,52)/t30-,31+,33?,35+,37-/m1/s1. The summed E-state index contributed by atoms with van der Waals surface area (Å²) in [5, 5.41) is 11.7. The molecular formula is C43H66N6O7. The van der Waals surface area contributed by atoms with Gasteiger partial charge in [0.25, 0.3) is 11.8 Å². The number of aryl methyl sites for hydroxylation is 1. The maximum atomic E-state index is 14.9. The van der Waals surface area contributed by atoms with E-state index in [4.69, 9.17) is 0 Å². The first-order valence-corrected chi connectivity index (χ1v) is 21.3. The van der Waals surface area contributed by atoms with Crippen LogP contribution in [0.25, 0.3) is 0 Å². The Balaban J connectivity index is 1.41. The molecule has 5 atom stereocenters. The molecule has 0 radical (unpaired) electrons. The number of hydrogen-bond donors (Lipinski definition) is 5. The van der Waals surface area contributed by atoms with Gasteiger partial charge < -0.3 is 31.2 Å². The van der Waals surface area contributed by atoms with Crippen molar-refractivity contribution in [3.05, 3.63) is 22.5 Å². The smallest absolute Gasteiger partial charge is 0.289 e. The SMILES string of the molecule is CCC[C@H](NC(=O)[C@@H]1[C@@H](C2CCCCC2)CCN1C(=O)[C@@H](NC(=O)C(NC(=O)c1[nH]c(C)c(C)c1C(C)=O)C1CCCCC1)C(C)(C)C)C(=O)C(=O)NC1CC1. The van der Waals surface area contributed by atoms with Gasteiger partial charge in [-0.15, -0.1) is 0 Å². The molecule has 13 heteroatoms. The minimum absolute atomic E-state index is 0.00138. The van der Waals surface area contributed by atoms with Gasteiger partial charge >= 0.3 is 0 Å². The molecule has 56 heavy (non-hydrogen) atoms. The molecule has 4 aliphatic rings. The fourth-order valence-electron chi connectivity index (χ4n) is 9.37. The number of nitrogens with zero attached hydrogens (tertiary/aromatic N) is 1. The molecule has 0 aromatic carbocycles. The van der Waals surface area contributed by atoms with E-state index in [0.717, 1.165) is 77.0 Å². The minimum atomic E-state index is -1.04. The maximum Gasteiger partial charge on any atom is 0.289 e. The molecule has 3 aliphatic carbocycles. The number of aromatic nitrogens is 1. The molecule has 13 nitrogen and oxygen atoms in total. The molecule has 5 rings (SSSR count). The molecule has 0 bridgehead atoms. The maximum absolute atomic E-state index is 14.9. The van der Waals surface area contributed by atoms with Gasteiger partial charge in [-0.05, 0) is 88.0 Å². The number of aromatic amines is 1. The van der Waals surface area contributed by atoms with Crippen LogP contribution in [-0.4, -0.2) is 87.7 Å². The average Bonchev–Trinajstić information content (AvgIpc) is 3.77. The van der Waals surface area contributed by atoms with Crippen LogP contribution in [0.15, 0.2) is 0 Å². The minimum Gasteiger partial charge on any atom is -0.354 e. The molecule has 1 aromatic rings. The zero-order valence-electron chi connectivity index (χ0n) is 34.7. The van der Waals surface area contributed by atoms with Crippen LogP contribution in [0.2, 0.25) is 0 Å². The van der Waals surface area contributed by atoms with Gasteiger partial charge in [-0.25, -0.2) is 0 Å². The quantitative estimate of drug-likeness (QED) is 0.123. The van der Waals surface area contributed by atoms with Gasteiger partial charge in [0, 0.05) is 18.3 Å². The summed E-state index contributed by atoms with van der Waals surface area (Å²) in [6.07, 6.45) is 12.6. The number of H-pyrrole nitrogens is 1. The number of likely N-dealkylation sites (tertiary alicyclic amines) is 1. The number of amides is 5. The second-order valence-electron chi connectivity index (χ2n) is 18.1. The third kappa shape index (κ3) is 10.1. The Morgan fingerprint density at radius 3 is 2.02 bits per heavy atom. The third-order valence-electron chi connectivity index (χ3n) is 12.8. The highest BCUT2D eigenvalue weighted by Crippen LogP contribution is 2.40. The molecule has 5 N–H and O–H groups in total. The van der Waals surface area contributed by atoms with E-state index < -0.39 is 64.9 Å². The van der Waals surface area contributed by atoms with Crippen molar-refractivity contribution in [3.8, 4) is 0 Å². The van der Waals surface area contributed by atoms with E-state index in [1.165, 1.54) is 6.92 Å². The zero-order chi connectivity index (χ0) is 40.9. The number of Topliss-reactive ketones (excluding diaryl/α,β-unsaturated/α-hetero) is 2. The lowest BCUT2D eigenvalue weighted by atomic mass is 9.76. The number of nitrogens with one attached hydrogen (secondary N) is 5. The molecule has 5 amide bonds. The summed E-state index contributed by atoms with van der Waals surface area (Å²) in [6, 6.07) is -3.88. The van der Waals surface area contributed by atoms with Crippen molar-refractivity contribution >= 4 is 41.1 Å². The Kier molecular flexibility index (Phi) is 14.2. The molecule has 2 heterocycles. The Labute approximate surface area is 332 Å². The average molecular weight is 779 g/mol. The summed E-state index contributed by atoms with van der Waals surface area (Å²) >= 11 is 0. The second kappa shape index (κ2) is 18.5. The van der Waals surface area contributed by atoms with E-state index in [1.807, 2.05) is 27.7 Å². The van der Waals surface area contributed by atoms with Gasteiger partial charge in [0.2, 0.25) is 23.5 Å². The van der Waals surface area contributed by atoms with E-state index >= 15 is 0 Å². The second-order valence-corrected chi connectivity index (χ2v) is 18.1. The summed E-state index contributed by atoms with van der Waals surface area (Å²) in [7, 11) is 0. The number of hydrogen-bond acceptors (Lipinski definition) is 7. The van der Waals surface area contributed by atoms with E-state index in [1.54, 1.807) is 18.7 Å². The monoisotopic (exact) mass is 778 g/mol. The number of rotatable bonds is 15. The van der Waals surface area contributed by atoms with E-state index in [2.05, 4.69) is 26.3 Å². The van der Waals surface area contributed by atoms with Gasteiger partial charge in [0.05, 0.1) is 11.6 Å². The Bertz CT molecular complexity index is 1650. The highest BCUT2D eigenvalue weighted by atomic mass is 16.2. The van der Waals surface area contributed by atoms with Crippen LogP contribution in [0.5, 0.6) is 0 Å². The Hall–Kier alpha value is -4.03. The van der Waals surface area contributed by atoms with Crippen molar-refractivity contribution in [2.24, 2.45) is 23.2 Å². The third-order valence-corrected chi connectivity index (χ3v) is 12.8. The summed E-state index contributed by atoms with van der Waals surface area (Å²) in [4.78, 5) is 101. The number of carbonyl (C=O) groups is 7. The lowest BCUT2D eigenvalue weighted by Crippen LogP contribution is -2.62. The summed E-state index contributed by atoms with van der Waals surface area (Å²) in [6.45, 7) is 12.8. The molecule has 1 aromatic heterocycles. The highest BCUT2D eigenvalue weighted by Gasteiger charge is 2.49. The van der Waals surface area contributed by atoms with Crippen LogP contribution in [0.4, 0.5) is 0 Å².